The van der Waals surface area contributed by atoms with Crippen molar-refractivity contribution >= 4 is 54.2 Å². The number of amides is 1. The topological polar surface area (TPSA) is 85.8 Å². The lowest BCUT2D eigenvalue weighted by Crippen LogP contribution is -2.48. The lowest BCUT2D eigenvalue weighted by Gasteiger charge is -2.34. The molecule has 2 saturated heterocycles. The monoisotopic (exact) mass is 561 g/mol. The van der Waals surface area contributed by atoms with E-state index in [0.717, 1.165) is 60.9 Å². The molecule has 0 aliphatic carbocycles. The zero-order chi connectivity index (χ0) is 26.0. The maximum Gasteiger partial charge on any atom is 0.251 e. The average molecular weight is 562 g/mol. The van der Waals surface area contributed by atoms with Crippen molar-refractivity contribution in [2.24, 2.45) is 5.92 Å². The number of para-hydroxylation sites is 1. The number of nitrogens with one attached hydrogen (secondary N) is 1. The Morgan fingerprint density at radius 2 is 1.86 bits per heavy atom. The number of sulfonamides is 1. The highest BCUT2D eigenvalue weighted by molar-refractivity contribution is 7.89. The minimum Gasteiger partial charge on any atom is -0.351 e. The van der Waals surface area contributed by atoms with E-state index in [4.69, 9.17) is 16.6 Å². The van der Waals surface area contributed by atoms with Gasteiger partial charge in [-0.3, -0.25) is 9.69 Å². The summed E-state index contributed by atoms with van der Waals surface area (Å²) >= 11 is 7.94. The van der Waals surface area contributed by atoms with E-state index >= 15 is 0 Å². The number of carbonyl (C=O) groups excluding carboxylic acids is 1. The van der Waals surface area contributed by atoms with Crippen LogP contribution in [0, 0.1) is 5.92 Å². The average Bonchev–Trinajstić information content (AvgIpc) is 3.35. The van der Waals surface area contributed by atoms with Crippen LogP contribution in [0.3, 0.4) is 0 Å². The van der Waals surface area contributed by atoms with E-state index in [0.29, 0.717) is 36.1 Å². The number of aromatic nitrogens is 1. The molecule has 11 heteroatoms. The van der Waals surface area contributed by atoms with Gasteiger partial charge in [0.15, 0.2) is 5.13 Å². The lowest BCUT2D eigenvalue weighted by atomic mass is 10.0. The molecule has 0 spiro atoms. The molecule has 3 heterocycles. The molecule has 0 bridgehead atoms. The summed E-state index contributed by atoms with van der Waals surface area (Å²) in [5, 5.41) is 4.64. The molecule has 0 radical (unpaired) electrons. The van der Waals surface area contributed by atoms with Crippen LogP contribution in [0.15, 0.2) is 47.4 Å². The fourth-order valence-electron chi connectivity index (χ4n) is 4.92. The highest BCUT2D eigenvalue weighted by Gasteiger charge is 2.28. The van der Waals surface area contributed by atoms with Crippen molar-refractivity contribution in [3.63, 3.8) is 0 Å². The molecule has 8 nitrogen and oxygen atoms in total. The minimum atomic E-state index is -3.52. The smallest absolute Gasteiger partial charge is 0.251 e. The molecular weight excluding hydrogens is 530 g/mol. The Kier molecular flexibility index (Phi) is 8.02. The van der Waals surface area contributed by atoms with E-state index in [-0.39, 0.29) is 10.8 Å². The maximum absolute atomic E-state index is 12.9. The first-order valence-electron chi connectivity index (χ1n) is 12.7. The van der Waals surface area contributed by atoms with Crippen LogP contribution in [-0.4, -0.2) is 80.9 Å². The normalized spacial score (nSPS) is 19.8. The van der Waals surface area contributed by atoms with Gasteiger partial charge in [-0.2, -0.15) is 4.31 Å². The number of fused-ring (bicyclic) bond motifs is 1. The number of rotatable bonds is 7. The molecule has 1 amide bonds. The second-order valence-corrected chi connectivity index (χ2v) is 13.2. The summed E-state index contributed by atoms with van der Waals surface area (Å²) in [6.07, 6.45) is 1.94. The van der Waals surface area contributed by atoms with Gasteiger partial charge in [-0.25, -0.2) is 13.4 Å². The van der Waals surface area contributed by atoms with Crippen molar-refractivity contribution in [1.29, 1.82) is 0 Å². The third-order valence-corrected chi connectivity index (χ3v) is 10.4. The van der Waals surface area contributed by atoms with E-state index in [1.54, 1.807) is 27.8 Å². The minimum absolute atomic E-state index is 0.194. The summed E-state index contributed by atoms with van der Waals surface area (Å²) in [7, 11) is -3.52. The van der Waals surface area contributed by atoms with Crippen molar-refractivity contribution in [3.8, 4) is 0 Å². The summed E-state index contributed by atoms with van der Waals surface area (Å²) in [6, 6.07) is 12.1. The number of thiazole rings is 1. The summed E-state index contributed by atoms with van der Waals surface area (Å²) in [4.78, 5) is 22.2. The second kappa shape index (κ2) is 11.2. The molecule has 1 N–H and O–H groups in total. The van der Waals surface area contributed by atoms with Gasteiger partial charge in [0.2, 0.25) is 10.0 Å². The van der Waals surface area contributed by atoms with E-state index in [2.05, 4.69) is 22.0 Å². The summed E-state index contributed by atoms with van der Waals surface area (Å²) in [6.45, 7) is 7.99. The van der Waals surface area contributed by atoms with Gasteiger partial charge in [-0.05, 0) is 55.2 Å². The van der Waals surface area contributed by atoms with Gasteiger partial charge in [0, 0.05) is 57.9 Å². The van der Waals surface area contributed by atoms with Crippen LogP contribution >= 0.6 is 22.9 Å². The number of halogens is 1. The van der Waals surface area contributed by atoms with E-state index in [1.165, 1.54) is 12.1 Å². The molecule has 1 unspecified atom stereocenters. The van der Waals surface area contributed by atoms with Crippen LogP contribution in [0.4, 0.5) is 5.13 Å². The Bertz CT molecular complexity index is 1350. The number of carbonyl (C=O) groups is 1. The Labute approximate surface area is 227 Å². The predicted molar refractivity (Wildman–Crippen MR) is 149 cm³/mol. The van der Waals surface area contributed by atoms with Gasteiger partial charge >= 0.3 is 0 Å². The van der Waals surface area contributed by atoms with Crippen molar-refractivity contribution in [1.82, 2.24) is 19.5 Å². The molecule has 198 valence electrons. The summed E-state index contributed by atoms with van der Waals surface area (Å²) in [5.74, 6) is 0.170. The number of nitrogens with zero attached hydrogens (tertiary/aromatic N) is 4. The molecular formula is C26H32ClN5O3S2. The van der Waals surface area contributed by atoms with Crippen molar-refractivity contribution in [3.05, 3.63) is 53.1 Å². The third kappa shape index (κ3) is 5.93. The highest BCUT2D eigenvalue weighted by atomic mass is 35.5. The SMILES string of the molecule is CC1CCCN(S(=O)(=O)c2ccc(C(=O)NCCN3CCN(c4nc5c(Cl)cccc5s4)CC3)cc2)C1. The summed E-state index contributed by atoms with van der Waals surface area (Å²) in [5.41, 5.74) is 1.33. The van der Waals surface area contributed by atoms with E-state index < -0.39 is 10.0 Å². The van der Waals surface area contributed by atoms with Gasteiger partial charge in [0.1, 0.15) is 5.52 Å². The zero-order valence-corrected chi connectivity index (χ0v) is 23.3. The first-order chi connectivity index (χ1) is 17.8. The molecule has 2 aliphatic rings. The van der Waals surface area contributed by atoms with Crippen LogP contribution in [0.2, 0.25) is 5.02 Å². The zero-order valence-electron chi connectivity index (χ0n) is 20.9. The third-order valence-electron chi connectivity index (χ3n) is 7.09. The van der Waals surface area contributed by atoms with Crippen molar-refractivity contribution in [2.45, 2.75) is 24.7 Å². The van der Waals surface area contributed by atoms with Crippen LogP contribution in [0.1, 0.15) is 30.1 Å². The van der Waals surface area contributed by atoms with Gasteiger partial charge in [0.05, 0.1) is 14.6 Å². The number of hydrogen-bond donors (Lipinski definition) is 1. The number of hydrogen-bond acceptors (Lipinski definition) is 7. The van der Waals surface area contributed by atoms with Crippen LogP contribution < -0.4 is 10.2 Å². The van der Waals surface area contributed by atoms with Crippen LogP contribution in [0.5, 0.6) is 0 Å². The number of piperidine rings is 1. The number of piperazine rings is 1. The molecule has 2 aliphatic heterocycles. The molecule has 1 aromatic heterocycles. The molecule has 2 aromatic carbocycles. The quantitative estimate of drug-likeness (QED) is 0.470. The number of anilines is 1. The first kappa shape index (κ1) is 26.4. The van der Waals surface area contributed by atoms with Gasteiger partial charge in [0.25, 0.3) is 5.91 Å². The molecule has 37 heavy (non-hydrogen) atoms. The Morgan fingerprint density at radius 3 is 2.57 bits per heavy atom. The van der Waals surface area contributed by atoms with Crippen LogP contribution in [0.25, 0.3) is 10.2 Å². The summed E-state index contributed by atoms with van der Waals surface area (Å²) < 4.78 is 28.5. The molecule has 3 aromatic rings. The fourth-order valence-corrected chi connectivity index (χ4v) is 7.84. The Balaban J connectivity index is 1.08. The highest BCUT2D eigenvalue weighted by Crippen LogP contribution is 2.33. The van der Waals surface area contributed by atoms with Crippen molar-refractivity contribution in [2.75, 3.05) is 57.3 Å². The first-order valence-corrected chi connectivity index (χ1v) is 15.4. The van der Waals surface area contributed by atoms with E-state index in [1.807, 2.05) is 18.2 Å². The lowest BCUT2D eigenvalue weighted by molar-refractivity contribution is 0.0947. The number of benzene rings is 2. The van der Waals surface area contributed by atoms with E-state index in [9.17, 15) is 13.2 Å². The Hall–Kier alpha value is -2.24. The maximum atomic E-state index is 12.9. The fraction of sp³-hybridized carbons (Fsp3) is 0.462. The second-order valence-electron chi connectivity index (χ2n) is 9.80. The largest absolute Gasteiger partial charge is 0.351 e. The Morgan fingerprint density at radius 1 is 1.11 bits per heavy atom. The molecule has 1 atom stereocenters. The molecule has 5 rings (SSSR count). The van der Waals surface area contributed by atoms with Gasteiger partial charge < -0.3 is 10.2 Å². The van der Waals surface area contributed by atoms with Gasteiger partial charge in [-0.1, -0.05) is 35.9 Å². The van der Waals surface area contributed by atoms with Crippen molar-refractivity contribution < 1.29 is 13.2 Å². The molecule has 2 fully saturated rings. The standard InChI is InChI=1S/C26H32ClN5O3S2/c1-19-4-3-12-32(18-19)37(34,35)21-9-7-20(8-10-21)25(33)28-11-13-30-14-16-31(17-15-30)26-29-24-22(27)5-2-6-23(24)36-26/h2,5-10,19H,3-4,11-18H2,1H3,(H,28,33). The van der Waals surface area contributed by atoms with Crippen LogP contribution in [-0.2, 0) is 10.0 Å². The van der Waals surface area contributed by atoms with Gasteiger partial charge in [-0.15, -0.1) is 0 Å². The molecule has 0 saturated carbocycles. The predicted octanol–water partition coefficient (Wildman–Crippen LogP) is 3.92.